The van der Waals surface area contributed by atoms with Crippen LogP contribution < -0.4 is 0 Å². The molecule has 0 aliphatic carbocycles. The topological polar surface area (TPSA) is 37.3 Å². The van der Waals surface area contributed by atoms with Crippen molar-refractivity contribution in [1.82, 2.24) is 0 Å². The highest BCUT2D eigenvalue weighted by Crippen LogP contribution is 2.10. The molecule has 1 rings (SSSR count). The molecule has 0 fully saturated rings. The van der Waals surface area contributed by atoms with Gasteiger partial charge in [-0.3, -0.25) is 4.79 Å². The van der Waals surface area contributed by atoms with Crippen LogP contribution in [0.15, 0.2) is 30.3 Å². The van der Waals surface area contributed by atoms with Gasteiger partial charge in [0.1, 0.15) is 6.10 Å². The lowest BCUT2D eigenvalue weighted by Gasteiger charge is -2.07. The fourth-order valence-corrected chi connectivity index (χ4v) is 1.02. The van der Waals surface area contributed by atoms with E-state index in [1.54, 1.807) is 18.2 Å². The van der Waals surface area contributed by atoms with E-state index in [0.717, 1.165) is 0 Å². The van der Waals surface area contributed by atoms with E-state index in [0.29, 0.717) is 5.56 Å². The Morgan fingerprint density at radius 1 is 1.29 bits per heavy atom. The smallest absolute Gasteiger partial charge is 0.264 e. The molecule has 0 saturated heterocycles. The summed E-state index contributed by atoms with van der Waals surface area (Å²) in [7, 11) is 0. The summed E-state index contributed by atoms with van der Waals surface area (Å²) in [4.78, 5) is 11.3. The zero-order valence-corrected chi connectivity index (χ0v) is 7.36. The zero-order chi connectivity index (χ0) is 10.6. The first-order chi connectivity index (χ1) is 6.61. The molecule has 0 saturated carbocycles. The Morgan fingerprint density at radius 2 is 1.86 bits per heavy atom. The van der Waals surface area contributed by atoms with Crippen molar-refractivity contribution < 1.29 is 18.7 Å². The summed E-state index contributed by atoms with van der Waals surface area (Å²) in [6.45, 7) is 0. The molecule has 0 aliphatic heterocycles. The third kappa shape index (κ3) is 2.88. The van der Waals surface area contributed by atoms with Gasteiger partial charge in [-0.25, -0.2) is 8.78 Å². The fourth-order valence-electron chi connectivity index (χ4n) is 1.02. The molecule has 0 radical (unpaired) electrons. The second kappa shape index (κ2) is 4.81. The highest BCUT2D eigenvalue weighted by Gasteiger charge is 2.20. The summed E-state index contributed by atoms with van der Waals surface area (Å²) in [6.07, 6.45) is -5.29. The van der Waals surface area contributed by atoms with Gasteiger partial charge in [0.15, 0.2) is 5.78 Å². The number of rotatable bonds is 4. The third-order valence-electron chi connectivity index (χ3n) is 1.78. The number of alkyl halides is 2. The van der Waals surface area contributed by atoms with Gasteiger partial charge in [-0.15, -0.1) is 0 Å². The molecule has 2 nitrogen and oxygen atoms in total. The van der Waals surface area contributed by atoms with E-state index < -0.39 is 24.7 Å². The van der Waals surface area contributed by atoms with Gasteiger partial charge >= 0.3 is 0 Å². The van der Waals surface area contributed by atoms with Crippen LogP contribution in [0, 0.1) is 0 Å². The molecule has 0 heterocycles. The average molecular weight is 200 g/mol. The highest BCUT2D eigenvalue weighted by atomic mass is 19.3. The standard InChI is InChI=1S/C10H10F2O2/c11-10(12)9(14)6-8(13)7-4-2-1-3-5-7/h1-5,9-10,14H,6H2/t9-/m0/s1. The van der Waals surface area contributed by atoms with Crippen LogP contribution in [-0.2, 0) is 0 Å². The number of carbonyl (C=O) groups excluding carboxylic acids is 1. The number of benzene rings is 1. The van der Waals surface area contributed by atoms with Gasteiger partial charge in [-0.2, -0.15) is 0 Å². The Bertz CT molecular complexity index is 298. The van der Waals surface area contributed by atoms with Crippen LogP contribution in [0.3, 0.4) is 0 Å². The lowest BCUT2D eigenvalue weighted by Crippen LogP contribution is -2.21. The molecule has 0 aromatic heterocycles. The number of hydrogen-bond acceptors (Lipinski definition) is 2. The number of aliphatic hydroxyl groups excluding tert-OH is 1. The van der Waals surface area contributed by atoms with Crippen LogP contribution in [-0.4, -0.2) is 23.4 Å². The van der Waals surface area contributed by atoms with E-state index in [1.165, 1.54) is 12.1 Å². The van der Waals surface area contributed by atoms with Crippen molar-refractivity contribution in [3.05, 3.63) is 35.9 Å². The third-order valence-corrected chi connectivity index (χ3v) is 1.78. The largest absolute Gasteiger partial charge is 0.387 e. The first kappa shape index (κ1) is 10.8. The van der Waals surface area contributed by atoms with Gasteiger partial charge in [-0.05, 0) is 0 Å². The van der Waals surface area contributed by atoms with Gasteiger partial charge in [0.2, 0.25) is 0 Å². The molecule has 1 aromatic carbocycles. The van der Waals surface area contributed by atoms with Crippen molar-refractivity contribution in [2.24, 2.45) is 0 Å². The molecule has 0 amide bonds. The van der Waals surface area contributed by atoms with E-state index in [9.17, 15) is 13.6 Å². The number of carbonyl (C=O) groups is 1. The fraction of sp³-hybridized carbons (Fsp3) is 0.300. The number of hydrogen-bond donors (Lipinski definition) is 1. The van der Waals surface area contributed by atoms with Crippen molar-refractivity contribution in [2.45, 2.75) is 19.0 Å². The number of aliphatic hydroxyl groups is 1. The van der Waals surface area contributed by atoms with Crippen molar-refractivity contribution in [3.63, 3.8) is 0 Å². The summed E-state index contributed by atoms with van der Waals surface area (Å²) in [6, 6.07) is 8.06. The summed E-state index contributed by atoms with van der Waals surface area (Å²) in [5.41, 5.74) is 0.340. The van der Waals surface area contributed by atoms with Crippen LogP contribution in [0.2, 0.25) is 0 Å². The molecule has 76 valence electrons. The Morgan fingerprint density at radius 3 is 2.36 bits per heavy atom. The molecule has 1 N–H and O–H groups in total. The Kier molecular flexibility index (Phi) is 3.71. The highest BCUT2D eigenvalue weighted by molar-refractivity contribution is 5.96. The van der Waals surface area contributed by atoms with Gasteiger partial charge < -0.3 is 5.11 Å². The van der Waals surface area contributed by atoms with Crippen LogP contribution in [0.4, 0.5) is 8.78 Å². The normalized spacial score (nSPS) is 12.9. The van der Waals surface area contributed by atoms with Crippen molar-refractivity contribution in [3.8, 4) is 0 Å². The lowest BCUT2D eigenvalue weighted by molar-refractivity contribution is -0.00608. The molecule has 1 atom stereocenters. The van der Waals surface area contributed by atoms with Crippen molar-refractivity contribution in [2.75, 3.05) is 0 Å². The SMILES string of the molecule is O=C(C[C@H](O)C(F)F)c1ccccc1. The summed E-state index contributed by atoms with van der Waals surface area (Å²) in [5, 5.41) is 8.79. The minimum absolute atomic E-state index is 0.340. The van der Waals surface area contributed by atoms with Gasteiger partial charge in [0, 0.05) is 12.0 Å². The summed E-state index contributed by atoms with van der Waals surface area (Å²) < 4.78 is 23.8. The van der Waals surface area contributed by atoms with Crippen LogP contribution in [0.5, 0.6) is 0 Å². The molecule has 14 heavy (non-hydrogen) atoms. The van der Waals surface area contributed by atoms with E-state index in [-0.39, 0.29) is 0 Å². The molecule has 4 heteroatoms. The summed E-state index contributed by atoms with van der Waals surface area (Å²) >= 11 is 0. The number of halogens is 2. The monoisotopic (exact) mass is 200 g/mol. The van der Waals surface area contributed by atoms with E-state index >= 15 is 0 Å². The lowest BCUT2D eigenvalue weighted by atomic mass is 10.1. The Labute approximate surface area is 80.2 Å². The second-order valence-corrected chi connectivity index (χ2v) is 2.90. The predicted molar refractivity (Wildman–Crippen MR) is 47.4 cm³/mol. The maximum atomic E-state index is 11.9. The number of Topliss-reactive ketones (excluding diaryl/α,β-unsaturated/α-hetero) is 1. The first-order valence-corrected chi connectivity index (χ1v) is 4.15. The molecule has 0 unspecified atom stereocenters. The molecule has 1 aromatic rings. The van der Waals surface area contributed by atoms with Crippen LogP contribution in [0.1, 0.15) is 16.8 Å². The van der Waals surface area contributed by atoms with Gasteiger partial charge in [0.25, 0.3) is 6.43 Å². The average Bonchev–Trinajstić information content (AvgIpc) is 2.19. The van der Waals surface area contributed by atoms with E-state index in [2.05, 4.69) is 0 Å². The molecular formula is C10H10F2O2. The first-order valence-electron chi connectivity index (χ1n) is 4.15. The van der Waals surface area contributed by atoms with E-state index in [1.807, 2.05) is 0 Å². The Hall–Kier alpha value is -1.29. The van der Waals surface area contributed by atoms with Gasteiger partial charge in [-0.1, -0.05) is 30.3 Å². The maximum Gasteiger partial charge on any atom is 0.264 e. The minimum Gasteiger partial charge on any atom is -0.387 e. The molecular weight excluding hydrogens is 190 g/mol. The Balaban J connectivity index is 2.60. The quantitative estimate of drug-likeness (QED) is 0.753. The maximum absolute atomic E-state index is 11.9. The summed E-state index contributed by atoms with van der Waals surface area (Å²) in [5.74, 6) is -0.474. The molecule has 0 aliphatic rings. The zero-order valence-electron chi connectivity index (χ0n) is 7.36. The van der Waals surface area contributed by atoms with Gasteiger partial charge in [0.05, 0.1) is 0 Å². The predicted octanol–water partition coefficient (Wildman–Crippen LogP) is 1.89. The number of ketones is 1. The minimum atomic E-state index is -2.87. The van der Waals surface area contributed by atoms with E-state index in [4.69, 9.17) is 5.11 Å². The van der Waals surface area contributed by atoms with Crippen LogP contribution in [0.25, 0.3) is 0 Å². The second-order valence-electron chi connectivity index (χ2n) is 2.90. The van der Waals surface area contributed by atoms with Crippen LogP contribution >= 0.6 is 0 Å². The van der Waals surface area contributed by atoms with Crippen molar-refractivity contribution in [1.29, 1.82) is 0 Å². The van der Waals surface area contributed by atoms with Crippen molar-refractivity contribution >= 4 is 5.78 Å². The molecule has 0 bridgehead atoms. The molecule has 0 spiro atoms.